The standard InChI is InChI=1S/C15H19N3O/c16-11-5-6-14-12(7-11)13(9-17-14)15(19)18-8-10-3-1-2-4-10/h5-7,9-10,17H,1-4,8,16H2,(H,18,19). The molecule has 1 fully saturated rings. The number of nitrogens with one attached hydrogen (secondary N) is 2. The summed E-state index contributed by atoms with van der Waals surface area (Å²) in [6.45, 7) is 0.786. The third-order valence-electron chi connectivity index (χ3n) is 3.98. The Morgan fingerprint density at radius 3 is 2.95 bits per heavy atom. The Kier molecular flexibility index (Phi) is 3.15. The van der Waals surface area contributed by atoms with Crippen LogP contribution in [0.4, 0.5) is 5.69 Å². The van der Waals surface area contributed by atoms with Gasteiger partial charge in [0.25, 0.3) is 5.91 Å². The Bertz CT molecular complexity index is 596. The first-order valence-electron chi connectivity index (χ1n) is 6.89. The maximum atomic E-state index is 12.2. The van der Waals surface area contributed by atoms with Crippen LogP contribution in [-0.2, 0) is 0 Å². The summed E-state index contributed by atoms with van der Waals surface area (Å²) in [6.07, 6.45) is 6.82. The largest absolute Gasteiger partial charge is 0.399 e. The average Bonchev–Trinajstić information content (AvgIpc) is 3.04. The third kappa shape index (κ3) is 2.43. The van der Waals surface area contributed by atoms with Crippen molar-refractivity contribution in [1.82, 2.24) is 10.3 Å². The molecule has 4 heteroatoms. The zero-order valence-electron chi connectivity index (χ0n) is 10.9. The summed E-state index contributed by atoms with van der Waals surface area (Å²) in [4.78, 5) is 15.3. The number of rotatable bonds is 3. The number of hydrogen-bond acceptors (Lipinski definition) is 2. The van der Waals surface area contributed by atoms with E-state index in [0.29, 0.717) is 17.2 Å². The van der Waals surface area contributed by atoms with Crippen LogP contribution < -0.4 is 11.1 Å². The molecule has 1 heterocycles. The molecule has 2 aromatic rings. The number of fused-ring (bicyclic) bond motifs is 1. The predicted octanol–water partition coefficient (Wildman–Crippen LogP) is 2.67. The van der Waals surface area contributed by atoms with E-state index in [-0.39, 0.29) is 5.91 Å². The van der Waals surface area contributed by atoms with Gasteiger partial charge in [0.1, 0.15) is 0 Å². The lowest BCUT2D eigenvalue weighted by Crippen LogP contribution is -2.28. The minimum absolute atomic E-state index is 0.0104. The maximum absolute atomic E-state index is 12.2. The summed E-state index contributed by atoms with van der Waals surface area (Å²) in [5, 5.41) is 3.93. The minimum Gasteiger partial charge on any atom is -0.399 e. The third-order valence-corrected chi connectivity index (χ3v) is 3.98. The van der Waals surface area contributed by atoms with Gasteiger partial charge in [-0.1, -0.05) is 12.8 Å². The summed E-state index contributed by atoms with van der Waals surface area (Å²) >= 11 is 0. The Labute approximate surface area is 112 Å². The first kappa shape index (κ1) is 12.1. The lowest BCUT2D eigenvalue weighted by molar-refractivity contribution is 0.0949. The minimum atomic E-state index is -0.0104. The van der Waals surface area contributed by atoms with Crippen LogP contribution >= 0.6 is 0 Å². The molecule has 0 bridgehead atoms. The molecular formula is C15H19N3O. The van der Waals surface area contributed by atoms with Crippen LogP contribution in [0.15, 0.2) is 24.4 Å². The van der Waals surface area contributed by atoms with E-state index in [1.54, 1.807) is 6.20 Å². The van der Waals surface area contributed by atoms with Gasteiger partial charge in [-0.3, -0.25) is 4.79 Å². The number of nitrogens with two attached hydrogens (primary N) is 1. The van der Waals surface area contributed by atoms with Gasteiger partial charge in [-0.15, -0.1) is 0 Å². The SMILES string of the molecule is Nc1ccc2[nH]cc(C(=O)NCC3CCCC3)c2c1. The summed E-state index contributed by atoms with van der Waals surface area (Å²) in [6, 6.07) is 5.58. The molecule has 1 aliphatic rings. The Morgan fingerprint density at radius 2 is 2.16 bits per heavy atom. The van der Waals surface area contributed by atoms with Crippen LogP contribution in [0, 0.1) is 5.92 Å². The monoisotopic (exact) mass is 257 g/mol. The van der Waals surface area contributed by atoms with Crippen molar-refractivity contribution in [2.24, 2.45) is 5.92 Å². The van der Waals surface area contributed by atoms with Crippen molar-refractivity contribution in [3.8, 4) is 0 Å². The highest BCUT2D eigenvalue weighted by atomic mass is 16.1. The summed E-state index contributed by atoms with van der Waals surface area (Å²) in [5.41, 5.74) is 8.08. The zero-order valence-corrected chi connectivity index (χ0v) is 10.9. The molecule has 4 nitrogen and oxygen atoms in total. The van der Waals surface area contributed by atoms with Crippen molar-refractivity contribution in [2.75, 3.05) is 12.3 Å². The van der Waals surface area contributed by atoms with Gasteiger partial charge in [-0.25, -0.2) is 0 Å². The number of benzene rings is 1. The van der Waals surface area contributed by atoms with E-state index in [1.807, 2.05) is 18.2 Å². The molecule has 19 heavy (non-hydrogen) atoms. The van der Waals surface area contributed by atoms with Crippen molar-refractivity contribution < 1.29 is 4.79 Å². The van der Waals surface area contributed by atoms with E-state index in [0.717, 1.165) is 17.4 Å². The number of aromatic nitrogens is 1. The molecule has 0 atom stereocenters. The molecule has 0 aliphatic heterocycles. The van der Waals surface area contributed by atoms with Crippen LogP contribution in [-0.4, -0.2) is 17.4 Å². The van der Waals surface area contributed by atoms with E-state index in [4.69, 9.17) is 5.73 Å². The van der Waals surface area contributed by atoms with Crippen molar-refractivity contribution >= 4 is 22.5 Å². The number of carbonyl (C=O) groups excluding carboxylic acids is 1. The van der Waals surface area contributed by atoms with Gasteiger partial charge in [0, 0.05) is 29.3 Å². The van der Waals surface area contributed by atoms with Crippen LogP contribution in [0.5, 0.6) is 0 Å². The number of nitrogen functional groups attached to an aromatic ring is 1. The first-order chi connectivity index (χ1) is 9.24. The predicted molar refractivity (Wildman–Crippen MR) is 77.0 cm³/mol. The molecule has 1 saturated carbocycles. The van der Waals surface area contributed by atoms with E-state index in [9.17, 15) is 4.79 Å². The molecule has 0 spiro atoms. The second-order valence-corrected chi connectivity index (χ2v) is 5.37. The fourth-order valence-electron chi connectivity index (χ4n) is 2.87. The smallest absolute Gasteiger partial charge is 0.253 e. The van der Waals surface area contributed by atoms with Crippen LogP contribution in [0.25, 0.3) is 10.9 Å². The number of amides is 1. The lowest BCUT2D eigenvalue weighted by Gasteiger charge is -2.10. The van der Waals surface area contributed by atoms with E-state index in [2.05, 4.69) is 10.3 Å². The Balaban J connectivity index is 1.75. The lowest BCUT2D eigenvalue weighted by atomic mass is 10.1. The number of carbonyl (C=O) groups is 1. The van der Waals surface area contributed by atoms with E-state index < -0.39 is 0 Å². The zero-order chi connectivity index (χ0) is 13.2. The van der Waals surface area contributed by atoms with E-state index >= 15 is 0 Å². The Hall–Kier alpha value is -1.97. The van der Waals surface area contributed by atoms with Crippen molar-refractivity contribution in [3.63, 3.8) is 0 Å². The van der Waals surface area contributed by atoms with Gasteiger partial charge in [0.2, 0.25) is 0 Å². The molecule has 0 saturated heterocycles. The van der Waals surface area contributed by atoms with Gasteiger partial charge < -0.3 is 16.0 Å². The van der Waals surface area contributed by atoms with Gasteiger partial charge >= 0.3 is 0 Å². The molecular weight excluding hydrogens is 238 g/mol. The normalized spacial score (nSPS) is 16.0. The Morgan fingerprint density at radius 1 is 1.37 bits per heavy atom. The molecule has 0 unspecified atom stereocenters. The van der Waals surface area contributed by atoms with Crippen molar-refractivity contribution in [3.05, 3.63) is 30.0 Å². The molecule has 0 radical (unpaired) electrons. The quantitative estimate of drug-likeness (QED) is 0.740. The number of H-pyrrole nitrogens is 1. The topological polar surface area (TPSA) is 70.9 Å². The number of anilines is 1. The number of aromatic amines is 1. The molecule has 100 valence electrons. The molecule has 1 amide bonds. The van der Waals surface area contributed by atoms with Gasteiger partial charge in [0.15, 0.2) is 0 Å². The average molecular weight is 257 g/mol. The highest BCUT2D eigenvalue weighted by Gasteiger charge is 2.17. The number of hydrogen-bond donors (Lipinski definition) is 3. The van der Waals surface area contributed by atoms with Crippen molar-refractivity contribution in [2.45, 2.75) is 25.7 Å². The summed E-state index contributed by atoms with van der Waals surface area (Å²) in [5.74, 6) is 0.642. The summed E-state index contributed by atoms with van der Waals surface area (Å²) in [7, 11) is 0. The fraction of sp³-hybridized carbons (Fsp3) is 0.400. The van der Waals surface area contributed by atoms with Crippen LogP contribution in [0.1, 0.15) is 36.0 Å². The first-order valence-corrected chi connectivity index (χ1v) is 6.89. The van der Waals surface area contributed by atoms with Crippen LogP contribution in [0.3, 0.4) is 0 Å². The molecule has 4 N–H and O–H groups in total. The second kappa shape index (κ2) is 4.96. The molecule has 3 rings (SSSR count). The molecule has 1 aromatic carbocycles. The van der Waals surface area contributed by atoms with Crippen LogP contribution in [0.2, 0.25) is 0 Å². The van der Waals surface area contributed by atoms with Gasteiger partial charge in [-0.2, -0.15) is 0 Å². The molecule has 1 aliphatic carbocycles. The van der Waals surface area contributed by atoms with E-state index in [1.165, 1.54) is 25.7 Å². The molecule has 1 aromatic heterocycles. The van der Waals surface area contributed by atoms with Gasteiger partial charge in [0.05, 0.1) is 5.56 Å². The fourth-order valence-corrected chi connectivity index (χ4v) is 2.87. The van der Waals surface area contributed by atoms with Crippen molar-refractivity contribution in [1.29, 1.82) is 0 Å². The highest BCUT2D eigenvalue weighted by molar-refractivity contribution is 6.07. The summed E-state index contributed by atoms with van der Waals surface area (Å²) < 4.78 is 0. The van der Waals surface area contributed by atoms with Gasteiger partial charge in [-0.05, 0) is 37.0 Å². The highest BCUT2D eigenvalue weighted by Crippen LogP contribution is 2.24. The maximum Gasteiger partial charge on any atom is 0.253 e. The second-order valence-electron chi connectivity index (χ2n) is 5.37.